The smallest absolute Gasteiger partial charge is 0.243 e. The summed E-state index contributed by atoms with van der Waals surface area (Å²) in [5.74, 6) is -0.280. The predicted octanol–water partition coefficient (Wildman–Crippen LogP) is 2.37. The first-order valence-corrected chi connectivity index (χ1v) is 9.37. The number of rotatable bonds is 7. The quantitative estimate of drug-likeness (QED) is 0.782. The standard InChI is InChI=1S/C16H26N2O3S/c1-6-7-8-17-16(19)14(4)18(22(5,20)21)15-10-12(2)9-13(3)11-15/h9-11,14H,6-8H2,1-5H3,(H,17,19)/t14-/m1/s1. The zero-order valence-corrected chi connectivity index (χ0v) is 14.8. The van der Waals surface area contributed by atoms with Gasteiger partial charge in [0.15, 0.2) is 0 Å². The molecule has 0 unspecified atom stereocenters. The molecule has 0 bridgehead atoms. The zero-order chi connectivity index (χ0) is 16.9. The van der Waals surface area contributed by atoms with Crippen LogP contribution in [-0.2, 0) is 14.8 Å². The molecule has 1 aromatic rings. The number of amides is 1. The Morgan fingerprint density at radius 1 is 1.23 bits per heavy atom. The second-order valence-corrected chi connectivity index (χ2v) is 7.58. The number of hydrogen-bond donors (Lipinski definition) is 1. The maximum atomic E-state index is 12.2. The van der Waals surface area contributed by atoms with Crippen molar-refractivity contribution < 1.29 is 13.2 Å². The van der Waals surface area contributed by atoms with Gasteiger partial charge in [-0.2, -0.15) is 0 Å². The topological polar surface area (TPSA) is 66.5 Å². The first-order valence-electron chi connectivity index (χ1n) is 7.52. The van der Waals surface area contributed by atoms with Gasteiger partial charge in [0.1, 0.15) is 6.04 Å². The molecule has 0 aromatic heterocycles. The van der Waals surface area contributed by atoms with Crippen LogP contribution in [0.4, 0.5) is 5.69 Å². The summed E-state index contributed by atoms with van der Waals surface area (Å²) < 4.78 is 25.5. The first-order chi connectivity index (χ1) is 10.2. The first kappa shape index (κ1) is 18.5. The number of anilines is 1. The third-order valence-electron chi connectivity index (χ3n) is 3.38. The normalized spacial score (nSPS) is 12.8. The monoisotopic (exact) mass is 326 g/mol. The Kier molecular flexibility index (Phi) is 6.41. The molecule has 0 saturated carbocycles. The van der Waals surface area contributed by atoms with Crippen LogP contribution < -0.4 is 9.62 Å². The molecule has 1 atom stereocenters. The van der Waals surface area contributed by atoms with Crippen LogP contribution in [0.1, 0.15) is 37.8 Å². The third-order valence-corrected chi connectivity index (χ3v) is 4.62. The van der Waals surface area contributed by atoms with E-state index in [1.165, 1.54) is 4.31 Å². The third kappa shape index (κ3) is 5.02. The van der Waals surface area contributed by atoms with Gasteiger partial charge in [-0.3, -0.25) is 9.10 Å². The van der Waals surface area contributed by atoms with Gasteiger partial charge in [0, 0.05) is 6.54 Å². The molecule has 0 fully saturated rings. The van der Waals surface area contributed by atoms with Crippen molar-refractivity contribution in [2.75, 3.05) is 17.1 Å². The molecule has 0 aliphatic rings. The van der Waals surface area contributed by atoms with Crippen molar-refractivity contribution >= 4 is 21.6 Å². The van der Waals surface area contributed by atoms with Crippen LogP contribution >= 0.6 is 0 Å². The van der Waals surface area contributed by atoms with Gasteiger partial charge in [-0.05, 0) is 50.5 Å². The van der Waals surface area contributed by atoms with Gasteiger partial charge in [-0.25, -0.2) is 8.42 Å². The van der Waals surface area contributed by atoms with Crippen LogP contribution in [0.3, 0.4) is 0 Å². The fourth-order valence-corrected chi connectivity index (χ4v) is 3.58. The van der Waals surface area contributed by atoms with Gasteiger partial charge < -0.3 is 5.32 Å². The molecule has 1 rings (SSSR count). The summed E-state index contributed by atoms with van der Waals surface area (Å²) in [5, 5.41) is 2.79. The summed E-state index contributed by atoms with van der Waals surface area (Å²) in [4.78, 5) is 12.2. The fourth-order valence-electron chi connectivity index (χ4n) is 2.42. The number of benzene rings is 1. The second kappa shape index (κ2) is 7.63. The summed E-state index contributed by atoms with van der Waals surface area (Å²) in [5.41, 5.74) is 2.45. The minimum absolute atomic E-state index is 0.280. The highest BCUT2D eigenvalue weighted by Gasteiger charge is 2.29. The molecule has 5 nitrogen and oxygen atoms in total. The van der Waals surface area contributed by atoms with E-state index < -0.39 is 16.1 Å². The molecule has 0 spiro atoms. The van der Waals surface area contributed by atoms with Gasteiger partial charge in [0.05, 0.1) is 11.9 Å². The molecule has 1 N–H and O–H groups in total. The number of sulfonamides is 1. The van der Waals surface area contributed by atoms with Gasteiger partial charge >= 0.3 is 0 Å². The molecule has 22 heavy (non-hydrogen) atoms. The van der Waals surface area contributed by atoms with E-state index in [1.807, 2.05) is 26.8 Å². The van der Waals surface area contributed by atoms with E-state index in [-0.39, 0.29) is 5.91 Å². The van der Waals surface area contributed by atoms with Gasteiger partial charge in [0.2, 0.25) is 15.9 Å². The Balaban J connectivity index is 3.11. The van der Waals surface area contributed by atoms with Crippen molar-refractivity contribution in [1.29, 1.82) is 0 Å². The average Bonchev–Trinajstić information content (AvgIpc) is 2.36. The molecule has 0 radical (unpaired) electrons. The Morgan fingerprint density at radius 3 is 2.23 bits per heavy atom. The molecule has 0 aliphatic heterocycles. The van der Waals surface area contributed by atoms with E-state index in [0.717, 1.165) is 30.2 Å². The Bertz CT molecular complexity index is 606. The summed E-state index contributed by atoms with van der Waals surface area (Å²) >= 11 is 0. The number of aryl methyl sites for hydroxylation is 2. The number of unbranched alkanes of at least 4 members (excludes halogenated alkanes) is 1. The van der Waals surface area contributed by atoms with Gasteiger partial charge in [-0.1, -0.05) is 19.4 Å². The Hall–Kier alpha value is -1.56. The lowest BCUT2D eigenvalue weighted by atomic mass is 10.1. The van der Waals surface area contributed by atoms with E-state index in [9.17, 15) is 13.2 Å². The summed E-state index contributed by atoms with van der Waals surface area (Å²) in [6.07, 6.45) is 2.98. The van der Waals surface area contributed by atoms with Crippen molar-refractivity contribution in [3.8, 4) is 0 Å². The average molecular weight is 326 g/mol. The molecule has 1 amide bonds. The highest BCUT2D eigenvalue weighted by Crippen LogP contribution is 2.23. The number of hydrogen-bond acceptors (Lipinski definition) is 3. The van der Waals surface area contributed by atoms with Crippen molar-refractivity contribution in [3.05, 3.63) is 29.3 Å². The molecule has 6 heteroatoms. The number of carbonyl (C=O) groups is 1. The largest absolute Gasteiger partial charge is 0.354 e. The highest BCUT2D eigenvalue weighted by atomic mass is 32.2. The van der Waals surface area contributed by atoms with Crippen LogP contribution in [-0.4, -0.2) is 33.2 Å². The maximum absolute atomic E-state index is 12.2. The van der Waals surface area contributed by atoms with E-state index in [2.05, 4.69) is 5.32 Å². The fraction of sp³-hybridized carbons (Fsp3) is 0.562. The number of carbonyl (C=O) groups excluding carboxylic acids is 1. The van der Waals surface area contributed by atoms with Crippen molar-refractivity contribution in [3.63, 3.8) is 0 Å². The minimum Gasteiger partial charge on any atom is -0.354 e. The zero-order valence-electron chi connectivity index (χ0n) is 14.0. The van der Waals surface area contributed by atoms with Gasteiger partial charge in [-0.15, -0.1) is 0 Å². The molecule has 0 saturated heterocycles. The van der Waals surface area contributed by atoms with Gasteiger partial charge in [0.25, 0.3) is 0 Å². The molecule has 1 aromatic carbocycles. The molecular formula is C16H26N2O3S. The number of nitrogens with zero attached hydrogens (tertiary/aromatic N) is 1. The summed E-state index contributed by atoms with van der Waals surface area (Å²) in [7, 11) is -3.55. The van der Waals surface area contributed by atoms with Crippen molar-refractivity contribution in [2.45, 2.75) is 46.6 Å². The summed E-state index contributed by atoms with van der Waals surface area (Å²) in [6.45, 7) is 8.02. The number of nitrogens with one attached hydrogen (secondary N) is 1. The SMILES string of the molecule is CCCCNC(=O)[C@@H](C)N(c1cc(C)cc(C)c1)S(C)(=O)=O. The van der Waals surface area contributed by atoms with Crippen LogP contribution in [0.5, 0.6) is 0 Å². The van der Waals surface area contributed by atoms with E-state index in [0.29, 0.717) is 12.2 Å². The molecule has 124 valence electrons. The van der Waals surface area contributed by atoms with Crippen molar-refractivity contribution in [2.24, 2.45) is 0 Å². The summed E-state index contributed by atoms with van der Waals surface area (Å²) in [6, 6.07) is 4.75. The van der Waals surface area contributed by atoms with Crippen LogP contribution in [0.2, 0.25) is 0 Å². The second-order valence-electron chi connectivity index (χ2n) is 5.73. The maximum Gasteiger partial charge on any atom is 0.243 e. The Morgan fingerprint density at radius 2 is 1.77 bits per heavy atom. The highest BCUT2D eigenvalue weighted by molar-refractivity contribution is 7.92. The van der Waals surface area contributed by atoms with Crippen LogP contribution in [0.25, 0.3) is 0 Å². The minimum atomic E-state index is -3.55. The molecular weight excluding hydrogens is 300 g/mol. The lowest BCUT2D eigenvalue weighted by molar-refractivity contribution is -0.121. The van der Waals surface area contributed by atoms with E-state index >= 15 is 0 Å². The van der Waals surface area contributed by atoms with E-state index in [4.69, 9.17) is 0 Å². The lowest BCUT2D eigenvalue weighted by Crippen LogP contribution is -2.48. The lowest BCUT2D eigenvalue weighted by Gasteiger charge is -2.28. The van der Waals surface area contributed by atoms with Crippen molar-refractivity contribution in [1.82, 2.24) is 5.32 Å². The van der Waals surface area contributed by atoms with Crippen LogP contribution in [0, 0.1) is 13.8 Å². The van der Waals surface area contributed by atoms with Crippen LogP contribution in [0.15, 0.2) is 18.2 Å². The van der Waals surface area contributed by atoms with E-state index in [1.54, 1.807) is 19.1 Å². The molecule has 0 heterocycles. The Labute approximate surface area is 133 Å². The predicted molar refractivity (Wildman–Crippen MR) is 90.6 cm³/mol. The molecule has 0 aliphatic carbocycles.